The van der Waals surface area contributed by atoms with Gasteiger partial charge in [-0.3, -0.25) is 19.6 Å². The third kappa shape index (κ3) is 2.95. The van der Waals surface area contributed by atoms with Gasteiger partial charge in [-0.25, -0.2) is 0 Å². The van der Waals surface area contributed by atoms with Crippen LogP contribution in [0.5, 0.6) is 5.75 Å². The number of nitro benzene ring substituents is 1. The number of ether oxygens (including phenoxy) is 1. The second-order valence-corrected chi connectivity index (χ2v) is 3.87. The van der Waals surface area contributed by atoms with E-state index in [1.165, 1.54) is 18.2 Å². The van der Waals surface area contributed by atoms with Gasteiger partial charge in [0.15, 0.2) is 5.75 Å². The van der Waals surface area contributed by atoms with Gasteiger partial charge in [-0.2, -0.15) is 5.10 Å². The number of aromatic nitrogens is 2. The number of rotatable bonds is 5. The Bertz CT molecular complexity index is 621. The molecule has 0 aliphatic rings. The molecule has 0 aliphatic carbocycles. The number of aldehydes is 1. The summed E-state index contributed by atoms with van der Waals surface area (Å²) in [5, 5.41) is 14.9. The Morgan fingerprint density at radius 3 is 2.84 bits per heavy atom. The largest absolute Gasteiger partial charge is 0.480 e. The van der Waals surface area contributed by atoms with E-state index in [4.69, 9.17) is 4.74 Å². The van der Waals surface area contributed by atoms with Crippen LogP contribution in [0.15, 0.2) is 30.5 Å². The first-order chi connectivity index (χ1) is 9.10. The molecule has 19 heavy (non-hydrogen) atoms. The molecule has 0 fully saturated rings. The zero-order chi connectivity index (χ0) is 13.8. The topological polar surface area (TPSA) is 87.3 Å². The molecule has 2 rings (SSSR count). The van der Waals surface area contributed by atoms with Crippen LogP contribution < -0.4 is 4.74 Å². The Kier molecular flexibility index (Phi) is 3.56. The number of nitro groups is 1. The molecule has 1 aromatic carbocycles. The Morgan fingerprint density at radius 2 is 2.26 bits per heavy atom. The summed E-state index contributed by atoms with van der Waals surface area (Å²) >= 11 is 0. The molecule has 0 unspecified atom stereocenters. The van der Waals surface area contributed by atoms with Crippen molar-refractivity contribution in [3.8, 4) is 5.75 Å². The van der Waals surface area contributed by atoms with Gasteiger partial charge in [0.1, 0.15) is 12.9 Å². The maximum Gasteiger partial charge on any atom is 0.310 e. The molecule has 7 nitrogen and oxygen atoms in total. The molecule has 0 saturated heterocycles. The van der Waals surface area contributed by atoms with Crippen molar-refractivity contribution in [1.29, 1.82) is 0 Å². The number of benzene rings is 1. The maximum atomic E-state index is 10.9. The van der Waals surface area contributed by atoms with Gasteiger partial charge in [0, 0.05) is 24.9 Å². The Morgan fingerprint density at radius 1 is 1.47 bits per heavy atom. The van der Waals surface area contributed by atoms with Crippen LogP contribution >= 0.6 is 0 Å². The quantitative estimate of drug-likeness (QED) is 0.464. The van der Waals surface area contributed by atoms with E-state index in [0.717, 1.165) is 0 Å². The fourth-order valence-electron chi connectivity index (χ4n) is 1.56. The van der Waals surface area contributed by atoms with Crippen molar-refractivity contribution < 1.29 is 14.5 Å². The summed E-state index contributed by atoms with van der Waals surface area (Å²) in [5.41, 5.74) is 0.788. The highest BCUT2D eigenvalue weighted by Gasteiger charge is 2.16. The van der Waals surface area contributed by atoms with Gasteiger partial charge in [-0.15, -0.1) is 0 Å². The van der Waals surface area contributed by atoms with Crippen LogP contribution in [-0.2, 0) is 13.7 Å². The maximum absolute atomic E-state index is 10.9. The highest BCUT2D eigenvalue weighted by atomic mass is 16.6. The molecule has 0 spiro atoms. The molecule has 1 aromatic heterocycles. The third-order valence-corrected chi connectivity index (χ3v) is 2.46. The van der Waals surface area contributed by atoms with Gasteiger partial charge in [0.25, 0.3) is 0 Å². The lowest BCUT2D eigenvalue weighted by Crippen LogP contribution is -2.01. The van der Waals surface area contributed by atoms with Gasteiger partial charge in [0.05, 0.1) is 10.6 Å². The average molecular weight is 261 g/mol. The Balaban J connectivity index is 2.22. The minimum absolute atomic E-state index is 0.0558. The van der Waals surface area contributed by atoms with Crippen molar-refractivity contribution in [1.82, 2.24) is 9.78 Å². The fraction of sp³-hybridized carbons (Fsp3) is 0.167. The number of hydrogen-bond donors (Lipinski definition) is 0. The van der Waals surface area contributed by atoms with E-state index in [1.54, 1.807) is 24.0 Å². The normalized spacial score (nSPS) is 10.2. The molecular weight excluding hydrogens is 250 g/mol. The van der Waals surface area contributed by atoms with Gasteiger partial charge in [-0.05, 0) is 18.2 Å². The summed E-state index contributed by atoms with van der Waals surface area (Å²) in [6.45, 7) is 0.101. The molecule has 0 bridgehead atoms. The van der Waals surface area contributed by atoms with Crippen molar-refractivity contribution in [2.24, 2.45) is 7.05 Å². The highest BCUT2D eigenvalue weighted by Crippen LogP contribution is 2.28. The summed E-state index contributed by atoms with van der Waals surface area (Å²) in [6.07, 6.45) is 2.35. The summed E-state index contributed by atoms with van der Waals surface area (Å²) in [6, 6.07) is 5.71. The monoisotopic (exact) mass is 261 g/mol. The average Bonchev–Trinajstić information content (AvgIpc) is 2.81. The van der Waals surface area contributed by atoms with E-state index in [1.807, 2.05) is 0 Å². The van der Waals surface area contributed by atoms with Crippen molar-refractivity contribution in [3.05, 3.63) is 51.8 Å². The minimum Gasteiger partial charge on any atom is -0.480 e. The number of aryl methyl sites for hydroxylation is 1. The van der Waals surface area contributed by atoms with Crippen LogP contribution in [0, 0.1) is 10.1 Å². The van der Waals surface area contributed by atoms with Crippen molar-refractivity contribution in [3.63, 3.8) is 0 Å². The number of carbonyl (C=O) groups excluding carboxylic acids is 1. The highest BCUT2D eigenvalue weighted by molar-refractivity contribution is 5.76. The lowest BCUT2D eigenvalue weighted by Gasteiger charge is -2.05. The smallest absolute Gasteiger partial charge is 0.310 e. The van der Waals surface area contributed by atoms with Crippen molar-refractivity contribution >= 4 is 12.0 Å². The first kappa shape index (κ1) is 12.7. The molecule has 0 aliphatic heterocycles. The van der Waals surface area contributed by atoms with Crippen LogP contribution in [0.3, 0.4) is 0 Å². The lowest BCUT2D eigenvalue weighted by atomic mass is 10.2. The third-order valence-electron chi connectivity index (χ3n) is 2.46. The molecule has 0 saturated carbocycles. The first-order valence-corrected chi connectivity index (χ1v) is 5.45. The number of nitrogens with zero attached hydrogens (tertiary/aromatic N) is 3. The van der Waals surface area contributed by atoms with Crippen LogP contribution in [0.1, 0.15) is 16.1 Å². The molecule has 1 heterocycles. The molecule has 0 radical (unpaired) electrons. The molecule has 2 aromatic rings. The predicted molar refractivity (Wildman–Crippen MR) is 66.0 cm³/mol. The van der Waals surface area contributed by atoms with Gasteiger partial charge < -0.3 is 4.74 Å². The summed E-state index contributed by atoms with van der Waals surface area (Å²) in [5.74, 6) is 0.0558. The number of carbonyl (C=O) groups is 1. The molecule has 7 heteroatoms. The second-order valence-electron chi connectivity index (χ2n) is 3.87. The summed E-state index contributed by atoms with van der Waals surface area (Å²) < 4.78 is 6.97. The van der Waals surface area contributed by atoms with E-state index in [9.17, 15) is 14.9 Å². The van der Waals surface area contributed by atoms with Crippen molar-refractivity contribution in [2.75, 3.05) is 0 Å². The van der Waals surface area contributed by atoms with E-state index >= 15 is 0 Å². The van der Waals surface area contributed by atoms with Crippen LogP contribution in [-0.4, -0.2) is 21.0 Å². The molecule has 98 valence electrons. The van der Waals surface area contributed by atoms with E-state index in [-0.39, 0.29) is 18.0 Å². The Hall–Kier alpha value is -2.70. The molecule has 0 N–H and O–H groups in total. The lowest BCUT2D eigenvalue weighted by molar-refractivity contribution is -0.385. The predicted octanol–water partition coefficient (Wildman–Crippen LogP) is 1.72. The van der Waals surface area contributed by atoms with E-state index < -0.39 is 4.92 Å². The van der Waals surface area contributed by atoms with Gasteiger partial charge in [-0.1, -0.05) is 0 Å². The summed E-state index contributed by atoms with van der Waals surface area (Å²) in [4.78, 5) is 21.0. The van der Waals surface area contributed by atoms with Crippen LogP contribution in [0.2, 0.25) is 0 Å². The van der Waals surface area contributed by atoms with Crippen molar-refractivity contribution in [2.45, 2.75) is 6.61 Å². The first-order valence-electron chi connectivity index (χ1n) is 5.45. The minimum atomic E-state index is -0.553. The number of hydrogen-bond acceptors (Lipinski definition) is 5. The molecule has 0 amide bonds. The second kappa shape index (κ2) is 5.30. The molecule has 0 atom stereocenters. The zero-order valence-electron chi connectivity index (χ0n) is 10.1. The van der Waals surface area contributed by atoms with Crippen LogP contribution in [0.25, 0.3) is 0 Å². The Labute approximate surface area is 108 Å². The van der Waals surface area contributed by atoms with E-state index in [0.29, 0.717) is 17.5 Å². The SMILES string of the molecule is Cn1ccc(COc2cc(C=O)ccc2[N+](=O)[O-])n1. The molecular formula is C12H11N3O4. The van der Waals surface area contributed by atoms with Gasteiger partial charge in [0.2, 0.25) is 0 Å². The van der Waals surface area contributed by atoms with Crippen LogP contribution in [0.4, 0.5) is 5.69 Å². The standard InChI is InChI=1S/C12H11N3O4/c1-14-5-4-10(13-14)8-19-12-6-9(7-16)2-3-11(12)15(17)18/h2-7H,8H2,1H3. The van der Waals surface area contributed by atoms with Gasteiger partial charge >= 0.3 is 5.69 Å². The fourth-order valence-corrected chi connectivity index (χ4v) is 1.56. The van der Waals surface area contributed by atoms with E-state index in [2.05, 4.69) is 5.10 Å². The summed E-state index contributed by atoms with van der Waals surface area (Å²) in [7, 11) is 1.76. The zero-order valence-corrected chi connectivity index (χ0v) is 10.1.